The van der Waals surface area contributed by atoms with Crippen LogP contribution in [0.15, 0.2) is 36.7 Å². The molecule has 0 unspecified atom stereocenters. The summed E-state index contributed by atoms with van der Waals surface area (Å²) in [5.41, 5.74) is 1.13. The molecular formula is C13H17NO3Si. The van der Waals surface area contributed by atoms with E-state index in [9.17, 15) is 0 Å². The Hall–Kier alpha value is -1.27. The molecule has 0 aliphatic rings. The second-order valence-electron chi connectivity index (χ2n) is 4.03. The molecule has 1 aromatic heterocycles. The van der Waals surface area contributed by atoms with Crippen LogP contribution >= 0.6 is 0 Å². The van der Waals surface area contributed by atoms with Crippen LogP contribution in [0.3, 0.4) is 0 Å². The van der Waals surface area contributed by atoms with E-state index in [1.807, 2.05) is 12.3 Å². The standard InChI is InChI=1S/C13H17NO3Si/c1-15-18(16-2,17-3)10-11-4-5-12-6-7-14-9-13(12)8-11/h4-9H,10H2,1-3H3. The first-order chi connectivity index (χ1) is 8.73. The molecule has 1 aromatic carbocycles. The van der Waals surface area contributed by atoms with E-state index in [4.69, 9.17) is 13.3 Å². The predicted octanol–water partition coefficient (Wildman–Crippen LogP) is 2.19. The minimum absolute atomic E-state index is 0.654. The van der Waals surface area contributed by atoms with Crippen LogP contribution in [0.4, 0.5) is 0 Å². The van der Waals surface area contributed by atoms with Crippen molar-refractivity contribution in [1.29, 1.82) is 0 Å². The molecule has 2 aromatic rings. The van der Waals surface area contributed by atoms with E-state index in [0.717, 1.165) is 10.9 Å². The molecule has 0 bridgehead atoms. The van der Waals surface area contributed by atoms with Gasteiger partial charge in [-0.15, -0.1) is 0 Å². The maximum absolute atomic E-state index is 5.43. The van der Waals surface area contributed by atoms with Crippen molar-refractivity contribution < 1.29 is 13.3 Å². The molecule has 0 fully saturated rings. The third-order valence-corrected chi connectivity index (χ3v) is 5.77. The minimum Gasteiger partial charge on any atom is -0.377 e. The van der Waals surface area contributed by atoms with Gasteiger partial charge in [0.1, 0.15) is 0 Å². The Morgan fingerprint density at radius 3 is 2.39 bits per heavy atom. The van der Waals surface area contributed by atoms with Crippen LogP contribution in [0.5, 0.6) is 0 Å². The van der Waals surface area contributed by atoms with Gasteiger partial charge in [-0.3, -0.25) is 4.98 Å². The highest BCUT2D eigenvalue weighted by molar-refractivity contribution is 6.60. The number of nitrogens with zero attached hydrogens (tertiary/aromatic N) is 1. The molecule has 0 saturated carbocycles. The van der Waals surface area contributed by atoms with Crippen molar-refractivity contribution in [3.63, 3.8) is 0 Å². The third-order valence-electron chi connectivity index (χ3n) is 3.06. The Labute approximate surface area is 108 Å². The fourth-order valence-corrected chi connectivity index (χ4v) is 3.61. The van der Waals surface area contributed by atoms with Crippen LogP contribution in [-0.4, -0.2) is 35.1 Å². The molecule has 4 nitrogen and oxygen atoms in total. The Balaban J connectivity index is 2.31. The third kappa shape index (κ3) is 2.59. The summed E-state index contributed by atoms with van der Waals surface area (Å²) in [6.45, 7) is 0. The van der Waals surface area contributed by atoms with Crippen molar-refractivity contribution in [2.75, 3.05) is 21.3 Å². The Morgan fingerprint density at radius 2 is 1.72 bits per heavy atom. The van der Waals surface area contributed by atoms with Crippen molar-refractivity contribution >= 4 is 19.6 Å². The highest BCUT2D eigenvalue weighted by Crippen LogP contribution is 2.19. The van der Waals surface area contributed by atoms with Gasteiger partial charge < -0.3 is 13.3 Å². The van der Waals surface area contributed by atoms with Crippen LogP contribution in [0, 0.1) is 0 Å². The molecule has 0 spiro atoms. The molecule has 18 heavy (non-hydrogen) atoms. The minimum atomic E-state index is -2.57. The summed E-state index contributed by atoms with van der Waals surface area (Å²) in [7, 11) is 2.31. The van der Waals surface area contributed by atoms with E-state index in [-0.39, 0.29) is 0 Å². The second kappa shape index (κ2) is 5.58. The summed E-state index contributed by atoms with van der Waals surface area (Å²) < 4.78 is 16.3. The van der Waals surface area contributed by atoms with Gasteiger partial charge in [0.15, 0.2) is 0 Å². The summed E-state index contributed by atoms with van der Waals surface area (Å²) in [4.78, 5) is 4.13. The van der Waals surface area contributed by atoms with E-state index in [0.29, 0.717) is 6.04 Å². The molecule has 0 saturated heterocycles. The van der Waals surface area contributed by atoms with Gasteiger partial charge in [-0.2, -0.15) is 0 Å². The molecule has 0 atom stereocenters. The molecule has 1 heterocycles. The van der Waals surface area contributed by atoms with E-state index >= 15 is 0 Å². The second-order valence-corrected chi connectivity index (χ2v) is 6.97. The molecule has 0 aliphatic carbocycles. The maximum Gasteiger partial charge on any atom is 0.504 e. The molecular weight excluding hydrogens is 246 g/mol. The van der Waals surface area contributed by atoms with Crippen molar-refractivity contribution in [3.8, 4) is 0 Å². The first-order valence-corrected chi connectivity index (χ1v) is 7.64. The fourth-order valence-electron chi connectivity index (χ4n) is 1.96. The zero-order chi connectivity index (χ0) is 13.0. The van der Waals surface area contributed by atoms with Gasteiger partial charge in [-0.25, -0.2) is 0 Å². The largest absolute Gasteiger partial charge is 0.504 e. The number of hydrogen-bond donors (Lipinski definition) is 0. The van der Waals surface area contributed by atoms with Gasteiger partial charge >= 0.3 is 8.80 Å². The van der Waals surface area contributed by atoms with Gasteiger partial charge in [0, 0.05) is 45.2 Å². The molecule has 96 valence electrons. The zero-order valence-electron chi connectivity index (χ0n) is 10.8. The normalized spacial score (nSPS) is 11.9. The molecule has 0 N–H and O–H groups in total. The monoisotopic (exact) mass is 263 g/mol. The summed E-state index contributed by atoms with van der Waals surface area (Å²) in [6, 6.07) is 8.89. The van der Waals surface area contributed by atoms with Crippen LogP contribution in [0.1, 0.15) is 5.56 Å². The number of pyridine rings is 1. The van der Waals surface area contributed by atoms with Crippen LogP contribution < -0.4 is 0 Å². The first-order valence-electron chi connectivity index (χ1n) is 5.71. The lowest BCUT2D eigenvalue weighted by molar-refractivity contribution is 0.122. The smallest absolute Gasteiger partial charge is 0.377 e. The highest BCUT2D eigenvalue weighted by atomic mass is 28.4. The average Bonchev–Trinajstić information content (AvgIpc) is 2.45. The number of benzene rings is 1. The fraction of sp³-hybridized carbons (Fsp3) is 0.308. The van der Waals surface area contributed by atoms with Gasteiger partial charge in [-0.1, -0.05) is 12.1 Å². The van der Waals surface area contributed by atoms with Crippen LogP contribution in [0.25, 0.3) is 10.8 Å². The lowest BCUT2D eigenvalue weighted by Gasteiger charge is -2.24. The Bertz CT molecular complexity index is 520. The lowest BCUT2D eigenvalue weighted by Crippen LogP contribution is -2.45. The number of aromatic nitrogens is 1. The van der Waals surface area contributed by atoms with Gasteiger partial charge in [0.25, 0.3) is 0 Å². The SMILES string of the molecule is CO[Si](Cc1ccc2ccncc2c1)(OC)OC. The molecule has 0 radical (unpaired) electrons. The lowest BCUT2D eigenvalue weighted by atomic mass is 10.1. The summed E-state index contributed by atoms with van der Waals surface area (Å²) in [5.74, 6) is 0. The average molecular weight is 263 g/mol. The van der Waals surface area contributed by atoms with Gasteiger partial charge in [0.2, 0.25) is 0 Å². The summed E-state index contributed by atoms with van der Waals surface area (Å²) in [6.07, 6.45) is 3.65. The maximum atomic E-state index is 5.43. The van der Waals surface area contributed by atoms with Crippen LogP contribution in [0.2, 0.25) is 0 Å². The van der Waals surface area contributed by atoms with E-state index in [2.05, 4.69) is 23.2 Å². The first kappa shape index (κ1) is 13.2. The van der Waals surface area contributed by atoms with Crippen molar-refractivity contribution in [3.05, 3.63) is 42.2 Å². The topological polar surface area (TPSA) is 40.6 Å². The number of rotatable bonds is 5. The molecule has 5 heteroatoms. The van der Waals surface area contributed by atoms with Gasteiger partial charge in [0.05, 0.1) is 0 Å². The van der Waals surface area contributed by atoms with Crippen molar-refractivity contribution in [2.24, 2.45) is 0 Å². The number of fused-ring (bicyclic) bond motifs is 1. The molecule has 0 aliphatic heterocycles. The quantitative estimate of drug-likeness (QED) is 0.775. The summed E-state index contributed by atoms with van der Waals surface area (Å²) in [5, 5.41) is 2.29. The van der Waals surface area contributed by atoms with E-state index < -0.39 is 8.80 Å². The van der Waals surface area contributed by atoms with E-state index in [1.165, 1.54) is 5.39 Å². The zero-order valence-corrected chi connectivity index (χ0v) is 11.8. The molecule has 2 rings (SSSR count). The van der Waals surface area contributed by atoms with Gasteiger partial charge in [-0.05, 0) is 23.1 Å². The van der Waals surface area contributed by atoms with E-state index in [1.54, 1.807) is 27.5 Å². The summed E-state index contributed by atoms with van der Waals surface area (Å²) >= 11 is 0. The highest BCUT2D eigenvalue weighted by Gasteiger charge is 2.37. The van der Waals surface area contributed by atoms with Crippen molar-refractivity contribution in [2.45, 2.75) is 6.04 Å². The van der Waals surface area contributed by atoms with Crippen molar-refractivity contribution in [1.82, 2.24) is 4.98 Å². The van der Waals surface area contributed by atoms with Crippen LogP contribution in [-0.2, 0) is 19.3 Å². The predicted molar refractivity (Wildman–Crippen MR) is 72.2 cm³/mol. The molecule has 0 amide bonds. The Kier molecular flexibility index (Phi) is 4.08. The Morgan fingerprint density at radius 1 is 1.00 bits per heavy atom. The number of hydrogen-bond acceptors (Lipinski definition) is 4.